The summed E-state index contributed by atoms with van der Waals surface area (Å²) in [6.45, 7) is 5.42. The van der Waals surface area contributed by atoms with Gasteiger partial charge in [0.05, 0.1) is 0 Å². The lowest BCUT2D eigenvalue weighted by Crippen LogP contribution is -2.55. The summed E-state index contributed by atoms with van der Waals surface area (Å²) in [7, 11) is 0. The quantitative estimate of drug-likeness (QED) is 0.830. The fourth-order valence-corrected chi connectivity index (χ4v) is 2.23. The summed E-state index contributed by atoms with van der Waals surface area (Å²) < 4.78 is 0. The van der Waals surface area contributed by atoms with Crippen molar-refractivity contribution in [1.82, 2.24) is 10.3 Å². The average Bonchev–Trinajstić information content (AvgIpc) is 2.38. The Balaban J connectivity index is 2.21. The molecule has 3 N–H and O–H groups in total. The summed E-state index contributed by atoms with van der Waals surface area (Å²) in [5.74, 6) is 0.933. The van der Waals surface area contributed by atoms with E-state index in [-0.39, 0.29) is 18.0 Å². The van der Waals surface area contributed by atoms with Gasteiger partial charge in [0.1, 0.15) is 11.9 Å². The minimum absolute atomic E-state index is 0.0156. The molecule has 0 aromatic carbocycles. The molecular formula is C13H20N4O. The van der Waals surface area contributed by atoms with E-state index < -0.39 is 0 Å². The van der Waals surface area contributed by atoms with Crippen molar-refractivity contribution >= 4 is 11.7 Å². The molecule has 0 spiro atoms. The number of nitrogens with one attached hydrogen (secondary N) is 1. The fraction of sp³-hybridized carbons (Fsp3) is 0.538. The molecule has 1 aromatic heterocycles. The second-order valence-corrected chi connectivity index (χ2v) is 4.65. The van der Waals surface area contributed by atoms with Gasteiger partial charge in [-0.3, -0.25) is 4.79 Å². The van der Waals surface area contributed by atoms with Crippen molar-refractivity contribution in [3.8, 4) is 0 Å². The molecule has 1 aliphatic heterocycles. The van der Waals surface area contributed by atoms with Gasteiger partial charge < -0.3 is 16.0 Å². The largest absolute Gasteiger partial charge is 0.353 e. The Hall–Kier alpha value is -1.62. The molecule has 0 bridgehead atoms. The molecule has 1 saturated heterocycles. The minimum atomic E-state index is -0.118. The highest BCUT2D eigenvalue weighted by Crippen LogP contribution is 2.19. The van der Waals surface area contributed by atoms with Gasteiger partial charge in [-0.05, 0) is 25.0 Å². The molecule has 1 amide bonds. The lowest BCUT2D eigenvalue weighted by molar-refractivity contribution is -0.123. The Labute approximate surface area is 107 Å². The minimum Gasteiger partial charge on any atom is -0.353 e. The van der Waals surface area contributed by atoms with Crippen LogP contribution in [0, 0.1) is 0 Å². The molecule has 1 aliphatic rings. The van der Waals surface area contributed by atoms with Gasteiger partial charge >= 0.3 is 0 Å². The van der Waals surface area contributed by atoms with Crippen LogP contribution in [0.4, 0.5) is 5.82 Å². The van der Waals surface area contributed by atoms with Gasteiger partial charge in [0.25, 0.3) is 0 Å². The molecule has 5 heteroatoms. The Morgan fingerprint density at radius 1 is 1.61 bits per heavy atom. The number of hydrogen-bond acceptors (Lipinski definition) is 4. The van der Waals surface area contributed by atoms with Crippen LogP contribution in [0.5, 0.6) is 0 Å². The summed E-state index contributed by atoms with van der Waals surface area (Å²) in [4.78, 5) is 18.3. The number of nitrogens with zero attached hydrogens (tertiary/aromatic N) is 2. The van der Waals surface area contributed by atoms with Crippen LogP contribution in [0.2, 0.25) is 0 Å². The fourth-order valence-electron chi connectivity index (χ4n) is 2.23. The number of amides is 1. The molecule has 2 unspecified atom stereocenters. The van der Waals surface area contributed by atoms with E-state index >= 15 is 0 Å². The van der Waals surface area contributed by atoms with Crippen LogP contribution in [0.25, 0.3) is 0 Å². The summed E-state index contributed by atoms with van der Waals surface area (Å²) in [5.41, 5.74) is 6.81. The second-order valence-electron chi connectivity index (χ2n) is 4.65. The molecule has 98 valence electrons. The number of aromatic nitrogens is 1. The highest BCUT2D eigenvalue weighted by molar-refractivity contribution is 5.86. The van der Waals surface area contributed by atoms with Crippen molar-refractivity contribution in [3.63, 3.8) is 0 Å². The highest BCUT2D eigenvalue weighted by atomic mass is 16.2. The first-order valence-corrected chi connectivity index (χ1v) is 6.39. The molecular weight excluding hydrogens is 228 g/mol. The summed E-state index contributed by atoms with van der Waals surface area (Å²) >= 11 is 0. The van der Waals surface area contributed by atoms with Crippen LogP contribution in [0.3, 0.4) is 0 Å². The number of carbonyl (C=O) groups is 1. The van der Waals surface area contributed by atoms with Gasteiger partial charge in [-0.2, -0.15) is 0 Å². The first-order chi connectivity index (χ1) is 8.63. The summed E-state index contributed by atoms with van der Waals surface area (Å²) in [6.07, 6.45) is 2.57. The number of nitrogens with two attached hydrogens (primary N) is 1. The number of piperazine rings is 1. The van der Waals surface area contributed by atoms with Crippen LogP contribution >= 0.6 is 0 Å². The van der Waals surface area contributed by atoms with E-state index in [1.807, 2.05) is 26.0 Å². The zero-order valence-electron chi connectivity index (χ0n) is 10.9. The molecule has 2 atom stereocenters. The number of pyridine rings is 1. The third-order valence-electron chi connectivity index (χ3n) is 3.31. The molecule has 2 rings (SSSR count). The van der Waals surface area contributed by atoms with Gasteiger partial charge in [-0.15, -0.1) is 0 Å². The monoisotopic (exact) mass is 248 g/mol. The summed E-state index contributed by atoms with van der Waals surface area (Å²) in [5, 5.41) is 2.88. The van der Waals surface area contributed by atoms with Gasteiger partial charge in [0.15, 0.2) is 0 Å². The van der Waals surface area contributed by atoms with Crippen molar-refractivity contribution < 1.29 is 4.79 Å². The highest BCUT2D eigenvalue weighted by Gasteiger charge is 2.28. The predicted molar refractivity (Wildman–Crippen MR) is 71.3 cm³/mol. The standard InChI is InChI=1S/C13H20N4O/c1-3-11-13(18)15-6-7-17(11)12-5-4-10(8-16-12)9(2)14/h4-5,8-9,11H,3,6-7,14H2,1-2H3,(H,15,18). The predicted octanol–water partition coefficient (Wildman–Crippen LogP) is 0.816. The molecule has 0 aliphatic carbocycles. The van der Waals surface area contributed by atoms with Crippen LogP contribution in [0.1, 0.15) is 31.9 Å². The maximum Gasteiger partial charge on any atom is 0.242 e. The van der Waals surface area contributed by atoms with Crippen LogP contribution in [-0.2, 0) is 4.79 Å². The number of rotatable bonds is 3. The lowest BCUT2D eigenvalue weighted by Gasteiger charge is -2.35. The van der Waals surface area contributed by atoms with Gasteiger partial charge in [0, 0.05) is 25.3 Å². The van der Waals surface area contributed by atoms with E-state index in [0.717, 1.165) is 24.3 Å². The Morgan fingerprint density at radius 3 is 2.94 bits per heavy atom. The molecule has 5 nitrogen and oxygen atoms in total. The van der Waals surface area contributed by atoms with E-state index in [1.54, 1.807) is 6.20 Å². The van der Waals surface area contributed by atoms with E-state index in [0.29, 0.717) is 6.54 Å². The van der Waals surface area contributed by atoms with Gasteiger partial charge in [-0.25, -0.2) is 4.98 Å². The first-order valence-electron chi connectivity index (χ1n) is 6.39. The van der Waals surface area contributed by atoms with Crippen molar-refractivity contribution in [2.24, 2.45) is 5.73 Å². The SMILES string of the molecule is CCC1C(=O)NCCN1c1ccc(C(C)N)cn1. The number of anilines is 1. The number of carbonyl (C=O) groups excluding carboxylic acids is 1. The van der Waals surface area contributed by atoms with Gasteiger partial charge in [0.2, 0.25) is 5.91 Å². The van der Waals surface area contributed by atoms with E-state index in [9.17, 15) is 4.79 Å². The lowest BCUT2D eigenvalue weighted by atomic mass is 10.1. The third-order valence-corrected chi connectivity index (χ3v) is 3.31. The smallest absolute Gasteiger partial charge is 0.242 e. The molecule has 1 aromatic rings. The van der Waals surface area contributed by atoms with Crippen molar-refractivity contribution in [2.45, 2.75) is 32.4 Å². The number of hydrogen-bond donors (Lipinski definition) is 2. The van der Waals surface area contributed by atoms with Gasteiger partial charge in [-0.1, -0.05) is 13.0 Å². The van der Waals surface area contributed by atoms with Crippen LogP contribution in [-0.4, -0.2) is 30.0 Å². The topological polar surface area (TPSA) is 71.2 Å². The van der Waals surface area contributed by atoms with Crippen molar-refractivity contribution in [2.75, 3.05) is 18.0 Å². The maximum absolute atomic E-state index is 11.8. The maximum atomic E-state index is 11.8. The van der Waals surface area contributed by atoms with E-state index in [1.165, 1.54) is 0 Å². The van der Waals surface area contributed by atoms with E-state index in [4.69, 9.17) is 5.73 Å². The second kappa shape index (κ2) is 5.35. The zero-order chi connectivity index (χ0) is 13.1. The Bertz CT molecular complexity index is 416. The summed E-state index contributed by atoms with van der Waals surface area (Å²) in [6, 6.07) is 3.79. The Morgan fingerprint density at radius 2 is 2.39 bits per heavy atom. The zero-order valence-corrected chi connectivity index (χ0v) is 10.9. The Kier molecular flexibility index (Phi) is 3.81. The third kappa shape index (κ3) is 2.46. The molecule has 18 heavy (non-hydrogen) atoms. The van der Waals surface area contributed by atoms with Crippen molar-refractivity contribution in [1.29, 1.82) is 0 Å². The normalized spacial score (nSPS) is 21.6. The molecule has 0 radical (unpaired) electrons. The molecule has 1 fully saturated rings. The molecule has 2 heterocycles. The van der Waals surface area contributed by atoms with Crippen LogP contribution in [0.15, 0.2) is 18.3 Å². The van der Waals surface area contributed by atoms with Crippen molar-refractivity contribution in [3.05, 3.63) is 23.9 Å². The van der Waals surface area contributed by atoms with Crippen LogP contribution < -0.4 is 16.0 Å². The van der Waals surface area contributed by atoms with E-state index in [2.05, 4.69) is 15.2 Å². The molecule has 0 saturated carbocycles. The average molecular weight is 248 g/mol. The first kappa shape index (κ1) is 12.8.